The Morgan fingerprint density at radius 3 is 2.35 bits per heavy atom. The fourth-order valence-electron chi connectivity index (χ4n) is 2.98. The average molecular weight is 224 g/mol. The maximum atomic E-state index is 11.5. The summed E-state index contributed by atoms with van der Waals surface area (Å²) in [6, 6.07) is 14.8. The van der Waals surface area contributed by atoms with Crippen LogP contribution in [0.15, 0.2) is 42.5 Å². The normalized spacial score (nSPS) is 18.4. The largest absolute Gasteiger partial charge is 0.302 e. The van der Waals surface area contributed by atoms with Gasteiger partial charge in [0.15, 0.2) is 0 Å². The SMILES string of the molecule is O=CC1(c2ccc3ccccc3c2)CCCC1. The fourth-order valence-corrected chi connectivity index (χ4v) is 2.98. The van der Waals surface area contributed by atoms with Crippen molar-refractivity contribution in [3.8, 4) is 0 Å². The van der Waals surface area contributed by atoms with Crippen LogP contribution in [0.25, 0.3) is 10.8 Å². The lowest BCUT2D eigenvalue weighted by molar-refractivity contribution is -0.112. The van der Waals surface area contributed by atoms with Crippen LogP contribution < -0.4 is 0 Å². The van der Waals surface area contributed by atoms with Crippen LogP contribution in [0.3, 0.4) is 0 Å². The molecule has 1 aliphatic carbocycles. The first-order chi connectivity index (χ1) is 8.34. The summed E-state index contributed by atoms with van der Waals surface area (Å²) in [6.07, 6.45) is 5.53. The number of rotatable bonds is 2. The van der Waals surface area contributed by atoms with E-state index in [2.05, 4.69) is 30.3 Å². The standard InChI is InChI=1S/C16H16O/c17-12-16(9-3-4-10-16)15-8-7-13-5-1-2-6-14(13)11-15/h1-2,5-8,11-12H,3-4,9-10H2. The van der Waals surface area contributed by atoms with E-state index in [1.54, 1.807) is 0 Å². The molecule has 0 atom stereocenters. The molecule has 0 bridgehead atoms. The van der Waals surface area contributed by atoms with Crippen molar-refractivity contribution >= 4 is 17.1 Å². The predicted octanol–water partition coefficient (Wildman–Crippen LogP) is 3.85. The molecule has 1 saturated carbocycles. The van der Waals surface area contributed by atoms with E-state index in [9.17, 15) is 4.79 Å². The molecule has 2 aromatic rings. The number of hydrogen-bond acceptors (Lipinski definition) is 1. The van der Waals surface area contributed by atoms with Gasteiger partial charge in [0.25, 0.3) is 0 Å². The number of fused-ring (bicyclic) bond motifs is 1. The molecule has 1 aliphatic rings. The molecule has 0 unspecified atom stereocenters. The molecule has 0 spiro atoms. The molecule has 1 nitrogen and oxygen atoms in total. The molecule has 86 valence electrons. The maximum absolute atomic E-state index is 11.5. The van der Waals surface area contributed by atoms with Gasteiger partial charge in [-0.05, 0) is 29.2 Å². The van der Waals surface area contributed by atoms with Crippen molar-refractivity contribution in [1.82, 2.24) is 0 Å². The highest BCUT2D eigenvalue weighted by atomic mass is 16.1. The van der Waals surface area contributed by atoms with E-state index in [0.717, 1.165) is 12.8 Å². The van der Waals surface area contributed by atoms with Crippen molar-refractivity contribution in [2.24, 2.45) is 0 Å². The molecule has 3 rings (SSSR count). The second kappa shape index (κ2) is 3.99. The Morgan fingerprint density at radius 2 is 1.65 bits per heavy atom. The predicted molar refractivity (Wildman–Crippen MR) is 70.2 cm³/mol. The molecule has 2 aromatic carbocycles. The van der Waals surface area contributed by atoms with E-state index in [1.165, 1.54) is 35.5 Å². The van der Waals surface area contributed by atoms with Crippen LogP contribution in [0, 0.1) is 0 Å². The minimum Gasteiger partial charge on any atom is -0.302 e. The van der Waals surface area contributed by atoms with Gasteiger partial charge in [-0.15, -0.1) is 0 Å². The summed E-state index contributed by atoms with van der Waals surface area (Å²) in [4.78, 5) is 11.5. The van der Waals surface area contributed by atoms with Gasteiger partial charge in [0.1, 0.15) is 6.29 Å². The zero-order chi connectivity index (χ0) is 11.7. The molecule has 1 heteroatoms. The summed E-state index contributed by atoms with van der Waals surface area (Å²) in [5.74, 6) is 0. The zero-order valence-corrected chi connectivity index (χ0v) is 9.86. The third-order valence-corrected chi connectivity index (χ3v) is 4.05. The van der Waals surface area contributed by atoms with Gasteiger partial charge < -0.3 is 4.79 Å². The van der Waals surface area contributed by atoms with Gasteiger partial charge in [0.05, 0.1) is 5.41 Å². The third-order valence-electron chi connectivity index (χ3n) is 4.05. The Morgan fingerprint density at radius 1 is 0.941 bits per heavy atom. The summed E-state index contributed by atoms with van der Waals surface area (Å²) >= 11 is 0. The number of aldehydes is 1. The first-order valence-electron chi connectivity index (χ1n) is 6.30. The first kappa shape index (κ1) is 10.5. The minimum atomic E-state index is -0.204. The summed E-state index contributed by atoms with van der Waals surface area (Å²) in [7, 11) is 0. The van der Waals surface area contributed by atoms with Crippen LogP contribution in [-0.2, 0) is 10.2 Å². The van der Waals surface area contributed by atoms with E-state index in [-0.39, 0.29) is 5.41 Å². The van der Waals surface area contributed by atoms with Gasteiger partial charge in [-0.2, -0.15) is 0 Å². The summed E-state index contributed by atoms with van der Waals surface area (Å²) in [5, 5.41) is 2.48. The molecular formula is C16H16O. The van der Waals surface area contributed by atoms with Gasteiger partial charge in [-0.1, -0.05) is 55.3 Å². The van der Waals surface area contributed by atoms with Gasteiger partial charge in [-0.3, -0.25) is 0 Å². The first-order valence-corrected chi connectivity index (χ1v) is 6.30. The van der Waals surface area contributed by atoms with Crippen molar-refractivity contribution in [1.29, 1.82) is 0 Å². The topological polar surface area (TPSA) is 17.1 Å². The van der Waals surface area contributed by atoms with Crippen molar-refractivity contribution in [3.05, 3.63) is 48.0 Å². The van der Waals surface area contributed by atoms with Crippen molar-refractivity contribution in [2.45, 2.75) is 31.1 Å². The molecule has 1 fully saturated rings. The fraction of sp³-hybridized carbons (Fsp3) is 0.312. The highest BCUT2D eigenvalue weighted by molar-refractivity contribution is 5.84. The molecule has 0 amide bonds. The molecule has 0 aromatic heterocycles. The van der Waals surface area contributed by atoms with Crippen LogP contribution in [-0.4, -0.2) is 6.29 Å². The third kappa shape index (κ3) is 1.66. The monoisotopic (exact) mass is 224 g/mol. The van der Waals surface area contributed by atoms with Gasteiger partial charge >= 0.3 is 0 Å². The molecule has 17 heavy (non-hydrogen) atoms. The second-order valence-electron chi connectivity index (χ2n) is 5.04. The van der Waals surface area contributed by atoms with E-state index >= 15 is 0 Å². The van der Waals surface area contributed by atoms with E-state index < -0.39 is 0 Å². The number of carbonyl (C=O) groups excluding carboxylic acids is 1. The second-order valence-corrected chi connectivity index (χ2v) is 5.04. The summed E-state index contributed by atoms with van der Waals surface area (Å²) < 4.78 is 0. The van der Waals surface area contributed by atoms with Crippen LogP contribution in [0.4, 0.5) is 0 Å². The lowest BCUT2D eigenvalue weighted by Crippen LogP contribution is -2.23. The Balaban J connectivity index is 2.14. The zero-order valence-electron chi connectivity index (χ0n) is 9.86. The van der Waals surface area contributed by atoms with Gasteiger partial charge in [0, 0.05) is 0 Å². The maximum Gasteiger partial charge on any atom is 0.130 e. The smallest absolute Gasteiger partial charge is 0.130 e. The van der Waals surface area contributed by atoms with Gasteiger partial charge in [0.2, 0.25) is 0 Å². The molecule has 0 aliphatic heterocycles. The van der Waals surface area contributed by atoms with Crippen LogP contribution in [0.5, 0.6) is 0 Å². The van der Waals surface area contributed by atoms with E-state index in [4.69, 9.17) is 0 Å². The summed E-state index contributed by atoms with van der Waals surface area (Å²) in [6.45, 7) is 0. The number of benzene rings is 2. The molecular weight excluding hydrogens is 208 g/mol. The Hall–Kier alpha value is -1.63. The van der Waals surface area contributed by atoms with Crippen LogP contribution in [0.1, 0.15) is 31.2 Å². The van der Waals surface area contributed by atoms with Crippen molar-refractivity contribution in [3.63, 3.8) is 0 Å². The number of carbonyl (C=O) groups is 1. The van der Waals surface area contributed by atoms with Crippen LogP contribution in [0.2, 0.25) is 0 Å². The lowest BCUT2D eigenvalue weighted by Gasteiger charge is -2.22. The van der Waals surface area contributed by atoms with Crippen molar-refractivity contribution < 1.29 is 4.79 Å². The van der Waals surface area contributed by atoms with Crippen molar-refractivity contribution in [2.75, 3.05) is 0 Å². The quantitative estimate of drug-likeness (QED) is 0.708. The average Bonchev–Trinajstić information content (AvgIpc) is 2.88. The Labute approximate surface area is 101 Å². The highest BCUT2D eigenvalue weighted by Gasteiger charge is 2.35. The summed E-state index contributed by atoms with van der Waals surface area (Å²) in [5.41, 5.74) is 0.994. The number of hydrogen-bond donors (Lipinski definition) is 0. The van der Waals surface area contributed by atoms with Gasteiger partial charge in [-0.25, -0.2) is 0 Å². The van der Waals surface area contributed by atoms with Crippen LogP contribution >= 0.6 is 0 Å². The molecule has 0 radical (unpaired) electrons. The lowest BCUT2D eigenvalue weighted by atomic mass is 9.80. The molecule has 0 heterocycles. The highest BCUT2D eigenvalue weighted by Crippen LogP contribution is 2.40. The van der Waals surface area contributed by atoms with E-state index in [1.807, 2.05) is 12.1 Å². The minimum absolute atomic E-state index is 0.204. The molecule has 0 saturated heterocycles. The van der Waals surface area contributed by atoms with E-state index in [0.29, 0.717) is 0 Å². The Kier molecular flexibility index (Phi) is 2.47. The molecule has 0 N–H and O–H groups in total. The Bertz CT molecular complexity index is 550.